The van der Waals surface area contributed by atoms with E-state index in [1.54, 1.807) is 0 Å². The van der Waals surface area contributed by atoms with E-state index in [0.29, 0.717) is 19.8 Å². The summed E-state index contributed by atoms with van der Waals surface area (Å²) in [6.07, 6.45) is 0.760. The van der Waals surface area contributed by atoms with Gasteiger partial charge in [-0.3, -0.25) is 0 Å². The lowest BCUT2D eigenvalue weighted by Gasteiger charge is -2.30. The molecule has 0 saturated carbocycles. The highest BCUT2D eigenvalue weighted by atomic mass is 32.2. The summed E-state index contributed by atoms with van der Waals surface area (Å²) in [5.74, 6) is 1.37. The van der Waals surface area contributed by atoms with Gasteiger partial charge in [-0.2, -0.15) is 0 Å². The lowest BCUT2D eigenvalue weighted by molar-refractivity contribution is 0.00942. The standard InChI is InChI=1S/C17H22N2O5S/c1-12-8-17(19-24-12)13-2-4-16(5-3-13)23-10-14-6-7-22-9-15(14)11-25(18,20)21/h2-5,8,14-15H,6-7,9-11H2,1H3,(H2,18,20,21)/t14-,15-/m1/s1. The number of primary sulfonamides is 1. The maximum atomic E-state index is 11.4. The largest absolute Gasteiger partial charge is 0.493 e. The molecule has 0 spiro atoms. The molecule has 1 saturated heterocycles. The average Bonchev–Trinajstić information content (AvgIpc) is 3.00. The van der Waals surface area contributed by atoms with Gasteiger partial charge in [0.15, 0.2) is 0 Å². The van der Waals surface area contributed by atoms with Gasteiger partial charge in [0.25, 0.3) is 0 Å². The second-order valence-corrected chi connectivity index (χ2v) is 8.03. The average molecular weight is 366 g/mol. The number of aryl methyl sites for hydroxylation is 1. The minimum atomic E-state index is -3.53. The second kappa shape index (κ2) is 7.55. The maximum Gasteiger partial charge on any atom is 0.209 e. The van der Waals surface area contributed by atoms with Crippen molar-refractivity contribution in [1.29, 1.82) is 0 Å². The second-order valence-electron chi connectivity index (χ2n) is 6.37. The van der Waals surface area contributed by atoms with Gasteiger partial charge in [-0.05, 0) is 37.6 Å². The zero-order chi connectivity index (χ0) is 17.9. The summed E-state index contributed by atoms with van der Waals surface area (Å²) in [5, 5.41) is 9.15. The Morgan fingerprint density at radius 3 is 2.68 bits per heavy atom. The SMILES string of the molecule is Cc1cc(-c2ccc(OC[C@H]3CCOC[C@@H]3CS(N)(=O)=O)cc2)no1. The maximum absolute atomic E-state index is 11.4. The molecule has 1 aliphatic rings. The number of hydrogen-bond acceptors (Lipinski definition) is 6. The van der Waals surface area contributed by atoms with E-state index >= 15 is 0 Å². The lowest BCUT2D eigenvalue weighted by atomic mass is 9.90. The third kappa shape index (κ3) is 5.04. The van der Waals surface area contributed by atoms with Crippen molar-refractivity contribution in [3.05, 3.63) is 36.1 Å². The van der Waals surface area contributed by atoms with Gasteiger partial charge in [0.05, 0.1) is 19.0 Å². The molecule has 0 bridgehead atoms. The van der Waals surface area contributed by atoms with E-state index in [0.717, 1.165) is 29.2 Å². The van der Waals surface area contributed by atoms with Gasteiger partial charge >= 0.3 is 0 Å². The van der Waals surface area contributed by atoms with Gasteiger partial charge in [0.2, 0.25) is 10.0 Å². The highest BCUT2D eigenvalue weighted by Gasteiger charge is 2.29. The quantitative estimate of drug-likeness (QED) is 0.838. The van der Waals surface area contributed by atoms with Crippen LogP contribution in [-0.4, -0.2) is 39.1 Å². The number of benzene rings is 1. The van der Waals surface area contributed by atoms with E-state index < -0.39 is 10.0 Å². The molecule has 1 fully saturated rings. The van der Waals surface area contributed by atoms with Crippen LogP contribution in [0, 0.1) is 18.8 Å². The van der Waals surface area contributed by atoms with E-state index in [2.05, 4.69) is 5.16 Å². The van der Waals surface area contributed by atoms with Crippen LogP contribution in [0.1, 0.15) is 12.2 Å². The minimum absolute atomic E-state index is 0.0779. The number of ether oxygens (including phenoxy) is 2. The molecule has 2 N–H and O–H groups in total. The van der Waals surface area contributed by atoms with E-state index in [-0.39, 0.29) is 17.6 Å². The fourth-order valence-electron chi connectivity index (χ4n) is 2.97. The Morgan fingerprint density at radius 1 is 1.28 bits per heavy atom. The first-order valence-corrected chi connectivity index (χ1v) is 9.87. The molecule has 0 unspecified atom stereocenters. The van der Waals surface area contributed by atoms with E-state index in [1.165, 1.54) is 0 Å². The summed E-state index contributed by atoms with van der Waals surface area (Å²) < 4.78 is 39.0. The van der Waals surface area contributed by atoms with Gasteiger partial charge < -0.3 is 14.0 Å². The Hall–Kier alpha value is -1.90. The molecule has 0 aliphatic carbocycles. The van der Waals surface area contributed by atoms with Gasteiger partial charge in [-0.15, -0.1) is 0 Å². The van der Waals surface area contributed by atoms with Crippen molar-refractivity contribution >= 4 is 10.0 Å². The van der Waals surface area contributed by atoms with Gasteiger partial charge in [0.1, 0.15) is 17.2 Å². The smallest absolute Gasteiger partial charge is 0.209 e. The van der Waals surface area contributed by atoms with Crippen molar-refractivity contribution in [3.63, 3.8) is 0 Å². The summed E-state index contributed by atoms with van der Waals surface area (Å²) in [6, 6.07) is 9.44. The molecule has 2 atom stereocenters. The van der Waals surface area contributed by atoms with E-state index in [1.807, 2.05) is 37.3 Å². The molecule has 2 aromatic rings. The molecule has 1 aromatic carbocycles. The fraction of sp³-hybridized carbons (Fsp3) is 0.471. The summed E-state index contributed by atoms with van der Waals surface area (Å²) in [6.45, 7) is 3.29. The molecule has 8 heteroatoms. The zero-order valence-electron chi connectivity index (χ0n) is 14.1. The van der Waals surface area contributed by atoms with Crippen LogP contribution in [0.4, 0.5) is 0 Å². The van der Waals surface area contributed by atoms with Crippen LogP contribution >= 0.6 is 0 Å². The first kappa shape index (κ1) is 17.9. The molecule has 1 aromatic heterocycles. The summed E-state index contributed by atoms with van der Waals surface area (Å²) in [4.78, 5) is 0. The predicted octanol–water partition coefficient (Wildman–Crippen LogP) is 1.97. The normalized spacial score (nSPS) is 21.2. The van der Waals surface area contributed by atoms with E-state index in [9.17, 15) is 8.42 Å². The van der Waals surface area contributed by atoms with Crippen LogP contribution in [0.3, 0.4) is 0 Å². The Kier molecular flexibility index (Phi) is 5.41. The predicted molar refractivity (Wildman–Crippen MR) is 92.6 cm³/mol. The third-order valence-electron chi connectivity index (χ3n) is 4.32. The van der Waals surface area contributed by atoms with Crippen LogP contribution in [0.2, 0.25) is 0 Å². The highest BCUT2D eigenvalue weighted by Crippen LogP contribution is 2.26. The van der Waals surface area contributed by atoms with Crippen LogP contribution in [0.5, 0.6) is 5.75 Å². The third-order valence-corrected chi connectivity index (χ3v) is 5.21. The van der Waals surface area contributed by atoms with Crippen molar-refractivity contribution < 1.29 is 22.4 Å². The monoisotopic (exact) mass is 366 g/mol. The molecular weight excluding hydrogens is 344 g/mol. The number of rotatable bonds is 6. The molecule has 2 heterocycles. The Balaban J connectivity index is 1.60. The van der Waals surface area contributed by atoms with Gasteiger partial charge in [-0.25, -0.2) is 13.6 Å². The summed E-state index contributed by atoms with van der Waals surface area (Å²) >= 11 is 0. The highest BCUT2D eigenvalue weighted by molar-refractivity contribution is 7.89. The number of nitrogens with two attached hydrogens (primary N) is 1. The minimum Gasteiger partial charge on any atom is -0.493 e. The number of nitrogens with zero attached hydrogens (tertiary/aromatic N) is 1. The molecule has 25 heavy (non-hydrogen) atoms. The van der Waals surface area contributed by atoms with Crippen LogP contribution in [0.25, 0.3) is 11.3 Å². The van der Waals surface area contributed by atoms with Crippen molar-refractivity contribution in [2.24, 2.45) is 17.0 Å². The molecule has 0 radical (unpaired) electrons. The van der Waals surface area contributed by atoms with Crippen molar-refractivity contribution in [2.75, 3.05) is 25.6 Å². The van der Waals surface area contributed by atoms with Crippen molar-refractivity contribution in [2.45, 2.75) is 13.3 Å². The zero-order valence-corrected chi connectivity index (χ0v) is 14.9. The van der Waals surface area contributed by atoms with Gasteiger partial charge in [-0.1, -0.05) is 5.16 Å². The molecule has 136 valence electrons. The summed E-state index contributed by atoms with van der Waals surface area (Å²) in [5.41, 5.74) is 1.73. The fourth-order valence-corrected chi connectivity index (χ4v) is 3.94. The number of sulfonamides is 1. The number of hydrogen-bond donors (Lipinski definition) is 1. The van der Waals surface area contributed by atoms with E-state index in [4.69, 9.17) is 19.1 Å². The molecular formula is C17H22N2O5S. The topological polar surface area (TPSA) is 105 Å². The molecule has 3 rings (SSSR count). The first-order chi connectivity index (χ1) is 11.9. The van der Waals surface area contributed by atoms with Crippen molar-refractivity contribution in [1.82, 2.24) is 5.16 Å². The Bertz CT molecular complexity index is 801. The summed E-state index contributed by atoms with van der Waals surface area (Å²) in [7, 11) is -3.53. The Morgan fingerprint density at radius 2 is 2.04 bits per heavy atom. The molecule has 1 aliphatic heterocycles. The number of aromatic nitrogens is 1. The van der Waals surface area contributed by atoms with Gasteiger partial charge in [0, 0.05) is 30.1 Å². The molecule has 0 amide bonds. The van der Waals surface area contributed by atoms with Crippen molar-refractivity contribution in [3.8, 4) is 17.0 Å². The molecule has 7 nitrogen and oxygen atoms in total. The Labute approximate surface area is 147 Å². The first-order valence-electron chi connectivity index (χ1n) is 8.15. The van der Waals surface area contributed by atoms with Crippen LogP contribution in [-0.2, 0) is 14.8 Å². The van der Waals surface area contributed by atoms with Crippen LogP contribution < -0.4 is 9.88 Å². The van der Waals surface area contributed by atoms with Crippen LogP contribution in [0.15, 0.2) is 34.9 Å². The lowest BCUT2D eigenvalue weighted by Crippen LogP contribution is -2.37.